The molecule has 24 heavy (non-hydrogen) atoms. The van der Waals surface area contributed by atoms with Crippen LogP contribution in [0.4, 0.5) is 10.5 Å². The zero-order valence-corrected chi connectivity index (χ0v) is 14.6. The van der Waals surface area contributed by atoms with Gasteiger partial charge in [-0.05, 0) is 37.3 Å². The highest BCUT2D eigenvalue weighted by molar-refractivity contribution is 5.91. The van der Waals surface area contributed by atoms with Gasteiger partial charge in [0.1, 0.15) is 0 Å². The summed E-state index contributed by atoms with van der Waals surface area (Å²) >= 11 is 0. The second-order valence-corrected chi connectivity index (χ2v) is 6.40. The molecule has 0 spiro atoms. The number of anilines is 1. The van der Waals surface area contributed by atoms with Crippen LogP contribution in [-0.2, 0) is 11.2 Å². The number of benzene rings is 1. The Morgan fingerprint density at radius 3 is 2.62 bits per heavy atom. The van der Waals surface area contributed by atoms with E-state index in [-0.39, 0.29) is 11.9 Å². The second-order valence-electron chi connectivity index (χ2n) is 6.40. The van der Waals surface area contributed by atoms with Gasteiger partial charge in [-0.3, -0.25) is 4.79 Å². The van der Waals surface area contributed by atoms with Crippen LogP contribution >= 0.6 is 0 Å². The Morgan fingerprint density at radius 2 is 1.88 bits per heavy atom. The molecule has 1 aliphatic rings. The normalized spacial score (nSPS) is 14.9. The first-order chi connectivity index (χ1) is 11.7. The molecule has 0 unspecified atom stereocenters. The van der Waals surface area contributed by atoms with Crippen molar-refractivity contribution in [2.75, 3.05) is 11.9 Å². The Balaban J connectivity index is 1.61. The number of carbonyl (C=O) groups excluding carboxylic acids is 2. The maximum absolute atomic E-state index is 12.0. The summed E-state index contributed by atoms with van der Waals surface area (Å²) in [6, 6.07) is 8.04. The Hall–Kier alpha value is -2.04. The van der Waals surface area contributed by atoms with Crippen LogP contribution in [0.15, 0.2) is 24.3 Å². The molecule has 0 radical (unpaired) electrons. The van der Waals surface area contributed by atoms with Gasteiger partial charge in [0.2, 0.25) is 5.91 Å². The summed E-state index contributed by atoms with van der Waals surface area (Å²) in [7, 11) is 0. The van der Waals surface area contributed by atoms with Crippen molar-refractivity contribution in [3.05, 3.63) is 29.8 Å². The van der Waals surface area contributed by atoms with Crippen LogP contribution in [0.5, 0.6) is 0 Å². The van der Waals surface area contributed by atoms with Gasteiger partial charge in [0.25, 0.3) is 0 Å². The van der Waals surface area contributed by atoms with Crippen molar-refractivity contribution in [2.24, 2.45) is 0 Å². The fourth-order valence-corrected chi connectivity index (χ4v) is 3.10. The Kier molecular flexibility index (Phi) is 7.59. The van der Waals surface area contributed by atoms with Gasteiger partial charge < -0.3 is 16.0 Å². The highest BCUT2D eigenvalue weighted by Crippen LogP contribution is 2.17. The fraction of sp³-hybridized carbons (Fsp3) is 0.579. The van der Waals surface area contributed by atoms with Crippen LogP contribution in [0.2, 0.25) is 0 Å². The highest BCUT2D eigenvalue weighted by Gasteiger charge is 2.15. The van der Waals surface area contributed by atoms with Crippen LogP contribution in [0.1, 0.15) is 57.4 Å². The third kappa shape index (κ3) is 6.22. The quantitative estimate of drug-likeness (QED) is 0.668. The average molecular weight is 331 g/mol. The number of carbonyl (C=O) groups is 2. The second kappa shape index (κ2) is 9.96. The predicted octanol–water partition coefficient (Wildman–Crippen LogP) is 3.60. The summed E-state index contributed by atoms with van der Waals surface area (Å²) in [5.41, 5.74) is 2.02. The van der Waals surface area contributed by atoms with E-state index >= 15 is 0 Å². The van der Waals surface area contributed by atoms with E-state index in [9.17, 15) is 9.59 Å². The molecule has 1 saturated carbocycles. The molecule has 0 aliphatic heterocycles. The van der Waals surface area contributed by atoms with Crippen molar-refractivity contribution < 1.29 is 9.59 Å². The van der Waals surface area contributed by atoms with E-state index in [1.165, 1.54) is 19.3 Å². The van der Waals surface area contributed by atoms with Gasteiger partial charge >= 0.3 is 6.03 Å². The molecule has 132 valence electrons. The lowest BCUT2D eigenvalue weighted by atomic mass is 9.96. The van der Waals surface area contributed by atoms with Crippen molar-refractivity contribution in [1.82, 2.24) is 10.6 Å². The first kappa shape index (κ1) is 18.3. The molecule has 3 amide bonds. The Bertz CT molecular complexity index is 539. The van der Waals surface area contributed by atoms with E-state index in [0.717, 1.165) is 30.5 Å². The van der Waals surface area contributed by atoms with Crippen molar-refractivity contribution in [3.63, 3.8) is 0 Å². The maximum atomic E-state index is 12.0. The molecule has 0 saturated heterocycles. The van der Waals surface area contributed by atoms with Crippen molar-refractivity contribution >= 4 is 17.6 Å². The van der Waals surface area contributed by atoms with Crippen molar-refractivity contribution in [2.45, 2.75) is 64.3 Å². The maximum Gasteiger partial charge on any atom is 0.315 e. The lowest BCUT2D eigenvalue weighted by molar-refractivity contribution is -0.116. The topological polar surface area (TPSA) is 70.2 Å². The van der Waals surface area contributed by atoms with Gasteiger partial charge in [0.15, 0.2) is 0 Å². The molecule has 2 rings (SSSR count). The first-order valence-electron chi connectivity index (χ1n) is 9.11. The predicted molar refractivity (Wildman–Crippen MR) is 97.1 cm³/mol. The number of aryl methyl sites for hydroxylation is 1. The molecule has 1 aromatic rings. The third-order valence-electron chi connectivity index (χ3n) is 4.48. The molecule has 0 atom stereocenters. The van der Waals surface area contributed by atoms with Gasteiger partial charge in [-0.15, -0.1) is 0 Å². The molecular weight excluding hydrogens is 302 g/mol. The molecule has 1 fully saturated rings. The smallest absolute Gasteiger partial charge is 0.315 e. The summed E-state index contributed by atoms with van der Waals surface area (Å²) in [5, 5.41) is 8.80. The largest absolute Gasteiger partial charge is 0.338 e. The van der Waals surface area contributed by atoms with E-state index in [1.54, 1.807) is 0 Å². The van der Waals surface area contributed by atoms with E-state index in [4.69, 9.17) is 0 Å². The summed E-state index contributed by atoms with van der Waals surface area (Å²) in [5.74, 6) is -0.00890. The molecule has 5 nitrogen and oxygen atoms in total. The molecule has 1 aliphatic carbocycles. The number of rotatable bonds is 7. The number of amides is 3. The van der Waals surface area contributed by atoms with E-state index in [1.807, 2.05) is 24.3 Å². The summed E-state index contributed by atoms with van der Waals surface area (Å²) < 4.78 is 0. The first-order valence-corrected chi connectivity index (χ1v) is 9.11. The van der Waals surface area contributed by atoms with Crippen LogP contribution in [-0.4, -0.2) is 24.5 Å². The Labute approximate surface area is 144 Å². The standard InChI is InChI=1S/C19H29N3O2/c1-2-15-9-6-7-12-17(15)22-18(23)13-8-14-20-19(24)21-16-10-4-3-5-11-16/h6-7,9,12,16H,2-5,8,10-11,13-14H2,1H3,(H,22,23)(H2,20,21,24). The zero-order valence-electron chi connectivity index (χ0n) is 14.6. The lowest BCUT2D eigenvalue weighted by Gasteiger charge is -2.22. The van der Waals surface area contributed by atoms with Gasteiger partial charge in [0, 0.05) is 24.7 Å². The summed E-state index contributed by atoms with van der Waals surface area (Å²) in [6.07, 6.45) is 7.75. The minimum absolute atomic E-state index is 0.00890. The van der Waals surface area contributed by atoms with Gasteiger partial charge in [0.05, 0.1) is 0 Å². The Morgan fingerprint density at radius 1 is 1.12 bits per heavy atom. The van der Waals surface area contributed by atoms with E-state index in [0.29, 0.717) is 25.4 Å². The zero-order chi connectivity index (χ0) is 17.2. The third-order valence-corrected chi connectivity index (χ3v) is 4.48. The number of hydrogen-bond donors (Lipinski definition) is 3. The number of hydrogen-bond acceptors (Lipinski definition) is 2. The van der Waals surface area contributed by atoms with Gasteiger partial charge in [-0.1, -0.05) is 44.4 Å². The minimum atomic E-state index is -0.112. The monoisotopic (exact) mass is 331 g/mol. The van der Waals surface area contributed by atoms with E-state index < -0.39 is 0 Å². The SMILES string of the molecule is CCc1ccccc1NC(=O)CCCNC(=O)NC1CCCCC1. The summed E-state index contributed by atoms with van der Waals surface area (Å²) in [4.78, 5) is 23.8. The van der Waals surface area contributed by atoms with Gasteiger partial charge in [-0.2, -0.15) is 0 Å². The van der Waals surface area contributed by atoms with E-state index in [2.05, 4.69) is 22.9 Å². The molecule has 0 aromatic heterocycles. The summed E-state index contributed by atoms with van der Waals surface area (Å²) in [6.45, 7) is 2.58. The van der Waals surface area contributed by atoms with Gasteiger partial charge in [-0.25, -0.2) is 4.79 Å². The number of urea groups is 1. The van der Waals surface area contributed by atoms with Crippen LogP contribution in [0.25, 0.3) is 0 Å². The molecule has 0 bridgehead atoms. The molecule has 5 heteroatoms. The molecule has 3 N–H and O–H groups in total. The lowest BCUT2D eigenvalue weighted by Crippen LogP contribution is -2.43. The molecular formula is C19H29N3O2. The van der Waals surface area contributed by atoms with Crippen LogP contribution < -0.4 is 16.0 Å². The minimum Gasteiger partial charge on any atom is -0.338 e. The van der Waals surface area contributed by atoms with Crippen LogP contribution in [0.3, 0.4) is 0 Å². The fourth-order valence-electron chi connectivity index (χ4n) is 3.10. The van der Waals surface area contributed by atoms with Crippen molar-refractivity contribution in [3.8, 4) is 0 Å². The number of nitrogens with one attached hydrogen (secondary N) is 3. The highest BCUT2D eigenvalue weighted by atomic mass is 16.2. The average Bonchev–Trinajstić information content (AvgIpc) is 2.60. The number of para-hydroxylation sites is 1. The molecule has 0 heterocycles. The van der Waals surface area contributed by atoms with Crippen LogP contribution in [0, 0.1) is 0 Å². The molecule has 1 aromatic carbocycles. The van der Waals surface area contributed by atoms with Crippen molar-refractivity contribution in [1.29, 1.82) is 0 Å².